The average Bonchev–Trinajstić information content (AvgIpc) is 3.16. The van der Waals surface area contributed by atoms with Crippen LogP contribution in [0.25, 0.3) is 0 Å². The Hall–Kier alpha value is -2.45. The number of aliphatic hydroxyl groups excluding tert-OH is 1. The summed E-state index contributed by atoms with van der Waals surface area (Å²) in [6.07, 6.45) is 3.31. The maximum absolute atomic E-state index is 12.6. The molecule has 2 saturated carbocycles. The first-order valence-corrected chi connectivity index (χ1v) is 11.8. The second-order valence-electron chi connectivity index (χ2n) is 10.3. The minimum atomic E-state index is -1.75. The molecule has 188 valence electrons. The summed E-state index contributed by atoms with van der Waals surface area (Å²) in [6.45, 7) is 12.6. The average molecular weight is 477 g/mol. The zero-order valence-corrected chi connectivity index (χ0v) is 20.6. The van der Waals surface area contributed by atoms with Crippen molar-refractivity contribution in [2.75, 3.05) is 6.61 Å². The van der Waals surface area contributed by atoms with Crippen LogP contribution in [0.3, 0.4) is 0 Å². The van der Waals surface area contributed by atoms with Crippen molar-refractivity contribution in [3.05, 3.63) is 36.0 Å². The SMILES string of the molecule is C=C1CC[C@@H](O)[C@H]2[C@@]1(C)[C@@H](OC(C)=O)[C@H](OC(=O)CCC)[C@](C)(O)[C@]2(C)/C=C/C1=CC(=O)OC1. The summed E-state index contributed by atoms with van der Waals surface area (Å²) in [6, 6.07) is 0. The van der Waals surface area contributed by atoms with E-state index in [0.717, 1.165) is 5.57 Å². The Bertz CT molecular complexity index is 931. The van der Waals surface area contributed by atoms with Gasteiger partial charge in [0.2, 0.25) is 0 Å². The van der Waals surface area contributed by atoms with E-state index in [-0.39, 0.29) is 13.0 Å². The molecule has 0 unspecified atom stereocenters. The van der Waals surface area contributed by atoms with Gasteiger partial charge in [-0.15, -0.1) is 0 Å². The van der Waals surface area contributed by atoms with Crippen molar-refractivity contribution in [1.29, 1.82) is 0 Å². The van der Waals surface area contributed by atoms with Crippen molar-refractivity contribution in [1.82, 2.24) is 0 Å². The van der Waals surface area contributed by atoms with Crippen molar-refractivity contribution < 1.29 is 38.8 Å². The van der Waals surface area contributed by atoms with Gasteiger partial charge in [-0.05, 0) is 31.8 Å². The maximum Gasteiger partial charge on any atom is 0.331 e. The summed E-state index contributed by atoms with van der Waals surface area (Å²) in [5, 5.41) is 23.3. The molecule has 8 nitrogen and oxygen atoms in total. The molecule has 1 heterocycles. The molecule has 0 aromatic rings. The molecular weight excluding hydrogens is 440 g/mol. The molecule has 34 heavy (non-hydrogen) atoms. The summed E-state index contributed by atoms with van der Waals surface area (Å²) >= 11 is 0. The normalized spacial score (nSPS) is 39.9. The minimum Gasteiger partial charge on any atom is -0.458 e. The van der Waals surface area contributed by atoms with Gasteiger partial charge in [-0.3, -0.25) is 9.59 Å². The fourth-order valence-corrected chi connectivity index (χ4v) is 5.99. The number of ether oxygens (including phenoxy) is 3. The van der Waals surface area contributed by atoms with Crippen LogP contribution in [0.5, 0.6) is 0 Å². The van der Waals surface area contributed by atoms with E-state index in [1.807, 2.05) is 13.8 Å². The third-order valence-corrected chi connectivity index (χ3v) is 8.02. The van der Waals surface area contributed by atoms with Crippen LogP contribution in [0.1, 0.15) is 60.3 Å². The number of hydrogen-bond acceptors (Lipinski definition) is 8. The van der Waals surface area contributed by atoms with Crippen molar-refractivity contribution >= 4 is 17.9 Å². The maximum atomic E-state index is 12.6. The van der Waals surface area contributed by atoms with Crippen molar-refractivity contribution in [2.45, 2.75) is 84.2 Å². The largest absolute Gasteiger partial charge is 0.458 e. The molecule has 2 fully saturated rings. The molecule has 3 rings (SSSR count). The summed E-state index contributed by atoms with van der Waals surface area (Å²) in [4.78, 5) is 36.3. The fraction of sp³-hybridized carbons (Fsp3) is 0.654. The number of hydrogen-bond donors (Lipinski definition) is 2. The zero-order valence-electron chi connectivity index (χ0n) is 20.6. The molecule has 1 aliphatic heterocycles. The Labute approximate surface area is 200 Å². The van der Waals surface area contributed by atoms with Gasteiger partial charge in [-0.1, -0.05) is 45.1 Å². The highest BCUT2D eigenvalue weighted by atomic mass is 16.6. The van der Waals surface area contributed by atoms with E-state index in [1.54, 1.807) is 19.1 Å². The molecule has 0 bridgehead atoms. The molecule has 0 spiro atoms. The van der Waals surface area contributed by atoms with E-state index in [0.29, 0.717) is 24.8 Å². The lowest BCUT2D eigenvalue weighted by atomic mass is 9.43. The zero-order chi connectivity index (χ0) is 25.5. The lowest BCUT2D eigenvalue weighted by Crippen LogP contribution is -2.74. The van der Waals surface area contributed by atoms with Gasteiger partial charge in [-0.25, -0.2) is 4.79 Å². The topological polar surface area (TPSA) is 119 Å². The number of rotatable bonds is 6. The smallest absolute Gasteiger partial charge is 0.331 e. The van der Waals surface area contributed by atoms with Gasteiger partial charge in [0, 0.05) is 36.2 Å². The highest BCUT2D eigenvalue weighted by Crippen LogP contribution is 2.64. The second kappa shape index (κ2) is 9.30. The van der Waals surface area contributed by atoms with Gasteiger partial charge >= 0.3 is 17.9 Å². The van der Waals surface area contributed by atoms with Crippen molar-refractivity contribution in [3.8, 4) is 0 Å². The quantitative estimate of drug-likeness (QED) is 0.341. The van der Waals surface area contributed by atoms with Gasteiger partial charge in [0.15, 0.2) is 12.2 Å². The van der Waals surface area contributed by atoms with E-state index in [2.05, 4.69) is 6.58 Å². The number of cyclic esters (lactones) is 1. The van der Waals surface area contributed by atoms with Gasteiger partial charge in [0.05, 0.1) is 6.10 Å². The van der Waals surface area contributed by atoms with E-state index in [4.69, 9.17) is 14.2 Å². The van der Waals surface area contributed by atoms with Crippen LogP contribution in [-0.2, 0) is 28.6 Å². The Morgan fingerprint density at radius 3 is 2.50 bits per heavy atom. The Balaban J connectivity index is 2.21. The Morgan fingerprint density at radius 2 is 1.94 bits per heavy atom. The van der Waals surface area contributed by atoms with Gasteiger partial charge in [-0.2, -0.15) is 0 Å². The van der Waals surface area contributed by atoms with Gasteiger partial charge < -0.3 is 24.4 Å². The predicted molar refractivity (Wildman–Crippen MR) is 123 cm³/mol. The standard InChI is InChI=1S/C26H36O8/c1-7-8-19(29)34-23-22(33-16(3)27)25(5)15(2)9-10-18(28)21(25)24(4,26(23,6)31)12-11-17-13-20(30)32-14-17/h11-13,18,21-23,28,31H,2,7-10,14H2,1,3-6H3/b12-11+/t18-,21-,22+,23+,24-,25+,26+/m1/s1. The van der Waals surface area contributed by atoms with Crippen LogP contribution in [0.2, 0.25) is 0 Å². The molecule has 2 N–H and O–H groups in total. The lowest BCUT2D eigenvalue weighted by molar-refractivity contribution is -0.280. The number of fused-ring (bicyclic) bond motifs is 1. The Morgan fingerprint density at radius 1 is 1.26 bits per heavy atom. The monoisotopic (exact) mass is 476 g/mol. The number of carbonyl (C=O) groups is 3. The molecule has 0 aromatic carbocycles. The first-order chi connectivity index (χ1) is 15.8. The molecule has 0 aromatic heterocycles. The van der Waals surface area contributed by atoms with E-state index in [1.165, 1.54) is 19.9 Å². The van der Waals surface area contributed by atoms with Crippen LogP contribution in [0, 0.1) is 16.7 Å². The molecule has 2 aliphatic carbocycles. The van der Waals surface area contributed by atoms with E-state index < -0.39 is 58.6 Å². The van der Waals surface area contributed by atoms with E-state index in [9.17, 15) is 24.6 Å². The van der Waals surface area contributed by atoms with Crippen LogP contribution in [0.15, 0.2) is 36.0 Å². The number of aliphatic hydroxyl groups is 2. The molecular formula is C26H36O8. The molecule has 0 amide bonds. The fourth-order valence-electron chi connectivity index (χ4n) is 5.99. The van der Waals surface area contributed by atoms with Crippen LogP contribution in [-0.4, -0.2) is 58.6 Å². The lowest BCUT2D eigenvalue weighted by Gasteiger charge is -2.65. The molecule has 7 atom stereocenters. The van der Waals surface area contributed by atoms with Crippen LogP contribution >= 0.6 is 0 Å². The molecule has 3 aliphatic rings. The highest BCUT2D eigenvalue weighted by molar-refractivity contribution is 5.86. The van der Waals surface area contributed by atoms with Crippen LogP contribution in [0.4, 0.5) is 0 Å². The van der Waals surface area contributed by atoms with Crippen LogP contribution < -0.4 is 0 Å². The van der Waals surface area contributed by atoms with E-state index >= 15 is 0 Å². The highest BCUT2D eigenvalue weighted by Gasteiger charge is 2.71. The first-order valence-electron chi connectivity index (χ1n) is 11.8. The third kappa shape index (κ3) is 4.22. The van der Waals surface area contributed by atoms with Crippen molar-refractivity contribution in [2.24, 2.45) is 16.7 Å². The summed E-state index contributed by atoms with van der Waals surface area (Å²) in [5.74, 6) is -2.18. The Kier molecular flexibility index (Phi) is 7.16. The van der Waals surface area contributed by atoms with Gasteiger partial charge in [0.25, 0.3) is 0 Å². The first kappa shape index (κ1) is 26.2. The summed E-state index contributed by atoms with van der Waals surface area (Å²) in [5.41, 5.74) is -2.54. The summed E-state index contributed by atoms with van der Waals surface area (Å²) < 4.78 is 16.6. The minimum absolute atomic E-state index is 0.107. The number of esters is 3. The third-order valence-electron chi connectivity index (χ3n) is 8.02. The van der Waals surface area contributed by atoms with Gasteiger partial charge in [0.1, 0.15) is 12.2 Å². The molecule has 0 saturated heterocycles. The van der Waals surface area contributed by atoms with Crippen molar-refractivity contribution in [3.63, 3.8) is 0 Å². The number of carbonyl (C=O) groups excluding carboxylic acids is 3. The summed E-state index contributed by atoms with van der Waals surface area (Å²) in [7, 11) is 0. The second-order valence-corrected chi connectivity index (χ2v) is 10.3. The molecule has 0 radical (unpaired) electrons. The predicted octanol–water partition coefficient (Wildman–Crippen LogP) is 2.77. The molecule has 8 heteroatoms.